The lowest BCUT2D eigenvalue weighted by Gasteiger charge is -2.27. The van der Waals surface area contributed by atoms with Gasteiger partial charge in [0.15, 0.2) is 0 Å². The van der Waals surface area contributed by atoms with Gasteiger partial charge in [0.05, 0.1) is 10.7 Å². The summed E-state index contributed by atoms with van der Waals surface area (Å²) in [5.41, 5.74) is 1.65. The predicted octanol–water partition coefficient (Wildman–Crippen LogP) is 4.88. The van der Waals surface area contributed by atoms with E-state index in [1.807, 2.05) is 42.5 Å². The third-order valence-corrected chi connectivity index (χ3v) is 4.86. The highest BCUT2D eigenvalue weighted by molar-refractivity contribution is 9.10. The Labute approximate surface area is 149 Å². The van der Waals surface area contributed by atoms with Crippen molar-refractivity contribution >= 4 is 39.1 Å². The van der Waals surface area contributed by atoms with Gasteiger partial charge in [0.1, 0.15) is 6.04 Å². The molecular weight excluding hydrogens is 376 g/mol. The van der Waals surface area contributed by atoms with Crippen molar-refractivity contribution in [1.29, 1.82) is 0 Å². The summed E-state index contributed by atoms with van der Waals surface area (Å²) in [6, 6.07) is 15.1. The molecular formula is C18H18BrClN2O. The minimum absolute atomic E-state index is 0.0395. The first-order chi connectivity index (χ1) is 11.1. The molecule has 0 spiro atoms. The highest BCUT2D eigenvalue weighted by Crippen LogP contribution is 2.30. The van der Waals surface area contributed by atoms with Gasteiger partial charge in [0, 0.05) is 4.47 Å². The molecule has 1 N–H and O–H groups in total. The van der Waals surface area contributed by atoms with Crippen LogP contribution in [0.25, 0.3) is 0 Å². The van der Waals surface area contributed by atoms with Gasteiger partial charge in [-0.15, -0.1) is 0 Å². The first-order valence-electron chi connectivity index (χ1n) is 7.70. The second-order valence-electron chi connectivity index (χ2n) is 5.67. The third-order valence-electron chi connectivity index (χ3n) is 4.06. The van der Waals surface area contributed by atoms with E-state index in [2.05, 4.69) is 26.1 Å². The summed E-state index contributed by atoms with van der Waals surface area (Å²) >= 11 is 9.60. The SMILES string of the molecule is O=C(Nc1ccc(Br)cc1Cl)C(c1ccccc1)N1CCCC1. The quantitative estimate of drug-likeness (QED) is 0.803. The summed E-state index contributed by atoms with van der Waals surface area (Å²) in [6.07, 6.45) is 2.27. The number of carbonyl (C=O) groups excluding carboxylic acids is 1. The largest absolute Gasteiger partial charge is 0.323 e. The zero-order chi connectivity index (χ0) is 16.2. The number of halogens is 2. The van der Waals surface area contributed by atoms with Crippen LogP contribution in [0.15, 0.2) is 53.0 Å². The average molecular weight is 394 g/mol. The number of amides is 1. The lowest BCUT2D eigenvalue weighted by molar-refractivity contribution is -0.121. The molecule has 1 saturated heterocycles. The molecule has 1 aliphatic rings. The van der Waals surface area contributed by atoms with Crippen LogP contribution in [-0.2, 0) is 4.79 Å². The zero-order valence-corrected chi connectivity index (χ0v) is 15.0. The van der Waals surface area contributed by atoms with Gasteiger partial charge in [-0.1, -0.05) is 57.9 Å². The third kappa shape index (κ3) is 3.94. The minimum Gasteiger partial charge on any atom is -0.323 e. The van der Waals surface area contributed by atoms with E-state index >= 15 is 0 Å². The van der Waals surface area contributed by atoms with Gasteiger partial charge in [0.2, 0.25) is 5.91 Å². The number of nitrogens with zero attached hydrogens (tertiary/aromatic N) is 1. The smallest absolute Gasteiger partial charge is 0.246 e. The Bertz CT molecular complexity index is 687. The molecule has 0 aromatic heterocycles. The summed E-state index contributed by atoms with van der Waals surface area (Å²) < 4.78 is 0.889. The molecule has 0 saturated carbocycles. The summed E-state index contributed by atoms with van der Waals surface area (Å²) in [6.45, 7) is 1.89. The molecule has 5 heteroatoms. The molecule has 3 rings (SSSR count). The average Bonchev–Trinajstić information content (AvgIpc) is 3.05. The van der Waals surface area contributed by atoms with Crippen molar-refractivity contribution in [2.45, 2.75) is 18.9 Å². The minimum atomic E-state index is -0.279. The van der Waals surface area contributed by atoms with E-state index in [9.17, 15) is 4.79 Å². The Kier molecular flexibility index (Phi) is 5.36. The van der Waals surface area contributed by atoms with Gasteiger partial charge in [0.25, 0.3) is 0 Å². The van der Waals surface area contributed by atoms with Crippen molar-refractivity contribution < 1.29 is 4.79 Å². The molecule has 23 heavy (non-hydrogen) atoms. The maximum absolute atomic E-state index is 12.9. The first kappa shape index (κ1) is 16.5. The van der Waals surface area contributed by atoms with Gasteiger partial charge < -0.3 is 5.32 Å². The van der Waals surface area contributed by atoms with Crippen molar-refractivity contribution in [1.82, 2.24) is 4.90 Å². The molecule has 3 nitrogen and oxygen atoms in total. The van der Waals surface area contributed by atoms with E-state index in [-0.39, 0.29) is 11.9 Å². The Balaban J connectivity index is 1.85. The number of nitrogens with one attached hydrogen (secondary N) is 1. The standard InChI is InChI=1S/C18H18BrClN2O/c19-14-8-9-16(15(20)12-14)21-18(23)17(22-10-4-5-11-22)13-6-2-1-3-7-13/h1-3,6-9,12,17H,4-5,10-11H2,(H,21,23). The van der Waals surface area contributed by atoms with E-state index < -0.39 is 0 Å². The molecule has 2 aromatic carbocycles. The molecule has 2 aromatic rings. The van der Waals surface area contributed by atoms with Crippen molar-refractivity contribution in [2.24, 2.45) is 0 Å². The van der Waals surface area contributed by atoms with E-state index in [4.69, 9.17) is 11.6 Å². The molecule has 1 heterocycles. The van der Waals surface area contributed by atoms with Crippen LogP contribution in [0.1, 0.15) is 24.4 Å². The fourth-order valence-corrected chi connectivity index (χ4v) is 3.68. The van der Waals surface area contributed by atoms with Crippen LogP contribution in [0.4, 0.5) is 5.69 Å². The Hall–Kier alpha value is -1.36. The van der Waals surface area contributed by atoms with Crippen LogP contribution in [0.2, 0.25) is 5.02 Å². The molecule has 0 bridgehead atoms. The zero-order valence-electron chi connectivity index (χ0n) is 12.6. The van der Waals surface area contributed by atoms with Crippen molar-refractivity contribution in [2.75, 3.05) is 18.4 Å². The highest BCUT2D eigenvalue weighted by atomic mass is 79.9. The second-order valence-corrected chi connectivity index (χ2v) is 6.99. The maximum atomic E-state index is 12.9. The summed E-state index contributed by atoms with van der Waals surface area (Å²) in [7, 11) is 0. The van der Waals surface area contributed by atoms with Gasteiger partial charge in [-0.2, -0.15) is 0 Å². The predicted molar refractivity (Wildman–Crippen MR) is 97.8 cm³/mol. The van der Waals surface area contributed by atoms with E-state index in [1.54, 1.807) is 6.07 Å². The van der Waals surface area contributed by atoms with Crippen LogP contribution in [0, 0.1) is 0 Å². The number of hydrogen-bond donors (Lipinski definition) is 1. The van der Waals surface area contributed by atoms with Gasteiger partial charge in [-0.25, -0.2) is 0 Å². The van der Waals surface area contributed by atoms with Crippen LogP contribution >= 0.6 is 27.5 Å². The molecule has 0 radical (unpaired) electrons. The monoisotopic (exact) mass is 392 g/mol. The van der Waals surface area contributed by atoms with Crippen LogP contribution in [0.3, 0.4) is 0 Å². The molecule has 1 aliphatic heterocycles. The fourth-order valence-electron chi connectivity index (χ4n) is 2.96. The van der Waals surface area contributed by atoms with E-state index in [0.29, 0.717) is 10.7 Å². The van der Waals surface area contributed by atoms with Crippen LogP contribution in [0.5, 0.6) is 0 Å². The summed E-state index contributed by atoms with van der Waals surface area (Å²) in [5.74, 6) is -0.0395. The van der Waals surface area contributed by atoms with E-state index in [1.165, 1.54) is 0 Å². The highest BCUT2D eigenvalue weighted by Gasteiger charge is 2.29. The number of likely N-dealkylation sites (tertiary alicyclic amines) is 1. The Morgan fingerprint density at radius 2 is 1.83 bits per heavy atom. The first-order valence-corrected chi connectivity index (χ1v) is 8.87. The molecule has 1 amide bonds. The molecule has 1 fully saturated rings. The number of carbonyl (C=O) groups is 1. The van der Waals surface area contributed by atoms with Crippen molar-refractivity contribution in [3.63, 3.8) is 0 Å². The normalized spacial score (nSPS) is 16.3. The lowest BCUT2D eigenvalue weighted by Crippen LogP contribution is -2.35. The number of anilines is 1. The van der Waals surface area contributed by atoms with E-state index in [0.717, 1.165) is 36.0 Å². The number of hydrogen-bond acceptors (Lipinski definition) is 2. The molecule has 120 valence electrons. The second kappa shape index (κ2) is 7.47. The summed E-state index contributed by atoms with van der Waals surface area (Å²) in [5, 5.41) is 3.51. The Morgan fingerprint density at radius 3 is 2.48 bits per heavy atom. The topological polar surface area (TPSA) is 32.3 Å². The van der Waals surface area contributed by atoms with Crippen molar-refractivity contribution in [3.8, 4) is 0 Å². The molecule has 1 unspecified atom stereocenters. The fraction of sp³-hybridized carbons (Fsp3) is 0.278. The van der Waals surface area contributed by atoms with Crippen LogP contribution in [-0.4, -0.2) is 23.9 Å². The molecule has 1 atom stereocenters. The Morgan fingerprint density at radius 1 is 1.13 bits per heavy atom. The van der Waals surface area contributed by atoms with Crippen molar-refractivity contribution in [3.05, 3.63) is 63.6 Å². The van der Waals surface area contributed by atoms with Gasteiger partial charge >= 0.3 is 0 Å². The van der Waals surface area contributed by atoms with Gasteiger partial charge in [-0.3, -0.25) is 9.69 Å². The maximum Gasteiger partial charge on any atom is 0.246 e. The number of benzene rings is 2. The molecule has 0 aliphatic carbocycles. The number of rotatable bonds is 4. The summed E-state index contributed by atoms with van der Waals surface area (Å²) in [4.78, 5) is 15.1. The lowest BCUT2D eigenvalue weighted by atomic mass is 10.0. The van der Waals surface area contributed by atoms with Crippen LogP contribution < -0.4 is 5.32 Å². The van der Waals surface area contributed by atoms with Gasteiger partial charge in [-0.05, 0) is 49.7 Å².